The van der Waals surface area contributed by atoms with Crippen molar-refractivity contribution in [3.05, 3.63) is 18.5 Å². The van der Waals surface area contributed by atoms with Crippen molar-refractivity contribution in [3.63, 3.8) is 0 Å². The molecule has 0 unspecified atom stereocenters. The third-order valence-electron chi connectivity index (χ3n) is 4.19. The van der Waals surface area contributed by atoms with Crippen LogP contribution in [0.3, 0.4) is 0 Å². The molecule has 5 nitrogen and oxygen atoms in total. The highest BCUT2D eigenvalue weighted by Crippen LogP contribution is 2.40. The average molecular weight is 288 g/mol. The first-order valence-electron chi connectivity index (χ1n) is 6.78. The minimum atomic E-state index is 0.360. The van der Waals surface area contributed by atoms with Crippen molar-refractivity contribution in [1.82, 2.24) is 15.0 Å². The molecule has 4 heterocycles. The van der Waals surface area contributed by atoms with Crippen LogP contribution in [-0.2, 0) is 4.74 Å². The van der Waals surface area contributed by atoms with Crippen LogP contribution in [0.15, 0.2) is 23.6 Å². The summed E-state index contributed by atoms with van der Waals surface area (Å²) < 4.78 is 5.39. The summed E-state index contributed by atoms with van der Waals surface area (Å²) in [6.07, 6.45) is 6.92. The van der Waals surface area contributed by atoms with Crippen LogP contribution in [0, 0.1) is 5.41 Å². The zero-order valence-electron chi connectivity index (χ0n) is 11.4. The molecule has 2 saturated heterocycles. The summed E-state index contributed by atoms with van der Waals surface area (Å²) in [7, 11) is 0. The van der Waals surface area contributed by atoms with Crippen LogP contribution in [-0.4, -0.2) is 47.5 Å². The van der Waals surface area contributed by atoms with Crippen molar-refractivity contribution in [1.29, 1.82) is 0 Å². The Morgan fingerprint density at radius 2 is 2.25 bits per heavy atom. The second-order valence-corrected chi connectivity index (χ2v) is 6.37. The molecule has 0 radical (unpaired) electrons. The maximum atomic E-state index is 5.39. The molecule has 0 bridgehead atoms. The SMILES string of the molecule is CSc1ncc2ccnc(N3CCC4(COC4)C3)c2n1. The van der Waals surface area contributed by atoms with Crippen molar-refractivity contribution in [2.24, 2.45) is 5.41 Å². The van der Waals surface area contributed by atoms with E-state index in [-0.39, 0.29) is 0 Å². The first-order valence-corrected chi connectivity index (χ1v) is 8.01. The summed E-state index contributed by atoms with van der Waals surface area (Å²) in [5.41, 5.74) is 1.32. The molecule has 2 aromatic rings. The topological polar surface area (TPSA) is 51.1 Å². The molecule has 1 spiro atoms. The summed E-state index contributed by atoms with van der Waals surface area (Å²) in [4.78, 5) is 15.9. The van der Waals surface area contributed by atoms with Gasteiger partial charge in [-0.2, -0.15) is 0 Å². The largest absolute Gasteiger partial charge is 0.380 e. The zero-order chi connectivity index (χ0) is 13.6. The lowest BCUT2D eigenvalue weighted by Crippen LogP contribution is -2.44. The number of anilines is 1. The normalized spacial score (nSPS) is 20.6. The lowest BCUT2D eigenvalue weighted by Gasteiger charge is -2.37. The molecule has 0 aromatic carbocycles. The molecular formula is C14H16N4OS. The Morgan fingerprint density at radius 1 is 1.35 bits per heavy atom. The maximum Gasteiger partial charge on any atom is 0.187 e. The van der Waals surface area contributed by atoms with Gasteiger partial charge in [-0.3, -0.25) is 0 Å². The number of hydrogen-bond donors (Lipinski definition) is 0. The van der Waals surface area contributed by atoms with Gasteiger partial charge in [0.2, 0.25) is 0 Å². The van der Waals surface area contributed by atoms with Gasteiger partial charge < -0.3 is 9.64 Å². The van der Waals surface area contributed by atoms with E-state index in [0.717, 1.165) is 48.2 Å². The number of rotatable bonds is 2. The number of thioether (sulfide) groups is 1. The first kappa shape index (κ1) is 12.3. The van der Waals surface area contributed by atoms with Gasteiger partial charge in [0.15, 0.2) is 11.0 Å². The summed E-state index contributed by atoms with van der Waals surface area (Å²) in [5.74, 6) is 0.990. The summed E-state index contributed by atoms with van der Waals surface area (Å²) in [5, 5.41) is 1.85. The Kier molecular flexibility index (Phi) is 2.82. The molecule has 20 heavy (non-hydrogen) atoms. The van der Waals surface area contributed by atoms with Crippen LogP contribution >= 0.6 is 11.8 Å². The van der Waals surface area contributed by atoms with E-state index in [2.05, 4.69) is 19.9 Å². The minimum absolute atomic E-state index is 0.360. The van der Waals surface area contributed by atoms with Gasteiger partial charge in [0.1, 0.15) is 5.52 Å². The van der Waals surface area contributed by atoms with E-state index >= 15 is 0 Å². The molecular weight excluding hydrogens is 272 g/mol. The quantitative estimate of drug-likeness (QED) is 0.622. The highest BCUT2D eigenvalue weighted by atomic mass is 32.2. The predicted molar refractivity (Wildman–Crippen MR) is 79.2 cm³/mol. The second kappa shape index (κ2) is 4.56. The molecule has 2 aliphatic rings. The van der Waals surface area contributed by atoms with Crippen molar-refractivity contribution in [2.45, 2.75) is 11.6 Å². The van der Waals surface area contributed by atoms with Crippen LogP contribution in [0.1, 0.15) is 6.42 Å². The smallest absolute Gasteiger partial charge is 0.187 e. The van der Waals surface area contributed by atoms with Crippen molar-refractivity contribution >= 4 is 28.5 Å². The standard InChI is InChI=1S/C14H16N4OS/c1-20-13-16-6-10-2-4-15-12(11(10)17-13)18-5-3-14(7-18)8-19-9-14/h2,4,6H,3,5,7-9H2,1H3. The van der Waals surface area contributed by atoms with Gasteiger partial charge in [-0.15, -0.1) is 0 Å². The fourth-order valence-electron chi connectivity index (χ4n) is 3.00. The highest BCUT2D eigenvalue weighted by molar-refractivity contribution is 7.98. The second-order valence-electron chi connectivity index (χ2n) is 5.59. The average Bonchev–Trinajstić information content (AvgIpc) is 2.91. The lowest BCUT2D eigenvalue weighted by atomic mass is 9.85. The van der Waals surface area contributed by atoms with Crippen LogP contribution in [0.5, 0.6) is 0 Å². The Morgan fingerprint density at radius 3 is 2.95 bits per heavy atom. The maximum absolute atomic E-state index is 5.39. The molecule has 104 valence electrons. The molecule has 0 aliphatic carbocycles. The Labute approximate surface area is 121 Å². The third kappa shape index (κ3) is 1.86. The van der Waals surface area contributed by atoms with Gasteiger partial charge in [-0.25, -0.2) is 15.0 Å². The number of ether oxygens (including phenoxy) is 1. The van der Waals surface area contributed by atoms with Crippen LogP contribution in [0.25, 0.3) is 10.9 Å². The van der Waals surface area contributed by atoms with Crippen LogP contribution in [0.4, 0.5) is 5.82 Å². The van der Waals surface area contributed by atoms with Gasteiger partial charge >= 0.3 is 0 Å². The molecule has 0 atom stereocenters. The van der Waals surface area contributed by atoms with E-state index in [1.54, 1.807) is 11.8 Å². The van der Waals surface area contributed by atoms with E-state index < -0.39 is 0 Å². The summed E-state index contributed by atoms with van der Waals surface area (Å²) in [6, 6.07) is 1.97. The monoisotopic (exact) mass is 288 g/mol. The Balaban J connectivity index is 1.75. The fourth-order valence-corrected chi connectivity index (χ4v) is 3.34. The molecule has 0 N–H and O–H groups in total. The molecule has 2 fully saturated rings. The molecule has 6 heteroatoms. The Bertz CT molecular complexity index is 659. The zero-order valence-corrected chi connectivity index (χ0v) is 12.2. The van der Waals surface area contributed by atoms with E-state index in [4.69, 9.17) is 4.74 Å². The number of fused-ring (bicyclic) bond motifs is 1. The number of hydrogen-bond acceptors (Lipinski definition) is 6. The fraction of sp³-hybridized carbons (Fsp3) is 0.500. The van der Waals surface area contributed by atoms with Crippen LogP contribution < -0.4 is 4.90 Å². The molecule has 0 saturated carbocycles. The van der Waals surface area contributed by atoms with Gasteiger partial charge in [0.25, 0.3) is 0 Å². The van der Waals surface area contributed by atoms with Crippen molar-refractivity contribution in [2.75, 3.05) is 37.5 Å². The number of aromatic nitrogens is 3. The minimum Gasteiger partial charge on any atom is -0.380 e. The van der Waals surface area contributed by atoms with Gasteiger partial charge in [0.05, 0.1) is 13.2 Å². The van der Waals surface area contributed by atoms with Crippen molar-refractivity contribution in [3.8, 4) is 0 Å². The first-order chi connectivity index (χ1) is 9.80. The van der Waals surface area contributed by atoms with Gasteiger partial charge in [-0.05, 0) is 18.7 Å². The van der Waals surface area contributed by atoms with E-state index in [0.29, 0.717) is 5.41 Å². The van der Waals surface area contributed by atoms with E-state index in [9.17, 15) is 0 Å². The molecule has 2 aromatic heterocycles. The van der Waals surface area contributed by atoms with Gasteiger partial charge in [-0.1, -0.05) is 11.8 Å². The van der Waals surface area contributed by atoms with Crippen LogP contribution in [0.2, 0.25) is 0 Å². The van der Waals surface area contributed by atoms with Gasteiger partial charge in [0, 0.05) is 36.3 Å². The van der Waals surface area contributed by atoms with Crippen molar-refractivity contribution < 1.29 is 4.74 Å². The third-order valence-corrected chi connectivity index (χ3v) is 4.76. The predicted octanol–water partition coefficient (Wildman–Crippen LogP) is 1.97. The molecule has 0 amide bonds. The van der Waals surface area contributed by atoms with E-state index in [1.807, 2.05) is 24.7 Å². The molecule has 2 aliphatic heterocycles. The number of pyridine rings is 1. The van der Waals surface area contributed by atoms with E-state index in [1.165, 1.54) is 6.42 Å². The lowest BCUT2D eigenvalue weighted by molar-refractivity contribution is -0.0985. The summed E-state index contributed by atoms with van der Waals surface area (Å²) >= 11 is 1.56. The Hall–Kier alpha value is -1.40. The molecule has 4 rings (SSSR count). The summed E-state index contributed by atoms with van der Waals surface area (Å²) in [6.45, 7) is 3.84. The highest BCUT2D eigenvalue weighted by Gasteiger charge is 2.45. The number of nitrogens with zero attached hydrogens (tertiary/aromatic N) is 4.